The predicted molar refractivity (Wildman–Crippen MR) is 280 cm³/mol. The lowest BCUT2D eigenvalue weighted by Crippen LogP contribution is -2.47. The SMILES string of the molecule is CCCCCCCCC/C=C\CCCCCC(=O)NC(COP(=O)([O-])OCC[N+](C)(C)C)C(/C=C/CCCCCCCCCCCC)OC(=O)CCCCCCCCCCCCCCCC. The number of phosphoric acid groups is 1. The molecule has 1 N–H and O–H groups in total. The van der Waals surface area contributed by atoms with E-state index in [0.717, 1.165) is 70.6 Å². The first kappa shape index (κ1) is 64.5. The lowest BCUT2D eigenvalue weighted by Gasteiger charge is -2.30. The maximum atomic E-state index is 13.4. The summed E-state index contributed by atoms with van der Waals surface area (Å²) in [6.07, 6.45) is 52.8. The van der Waals surface area contributed by atoms with E-state index in [9.17, 15) is 19.0 Å². The number of amides is 1. The van der Waals surface area contributed by atoms with Crippen LogP contribution in [-0.2, 0) is 27.9 Å². The summed E-state index contributed by atoms with van der Waals surface area (Å²) in [5.41, 5.74) is 0. The van der Waals surface area contributed by atoms with Gasteiger partial charge >= 0.3 is 5.97 Å². The Morgan fingerprint density at radius 1 is 0.515 bits per heavy atom. The Morgan fingerprint density at radius 2 is 0.879 bits per heavy atom. The van der Waals surface area contributed by atoms with E-state index in [1.165, 1.54) is 167 Å². The zero-order valence-electron chi connectivity index (χ0n) is 44.4. The molecule has 0 aromatic carbocycles. The van der Waals surface area contributed by atoms with Crippen LogP contribution in [-0.4, -0.2) is 69.4 Å². The highest BCUT2D eigenvalue weighted by Crippen LogP contribution is 2.38. The molecule has 0 fully saturated rings. The van der Waals surface area contributed by atoms with Crippen LogP contribution in [0.5, 0.6) is 0 Å². The molecule has 0 rings (SSSR count). The molecule has 3 atom stereocenters. The average molecular weight is 953 g/mol. The van der Waals surface area contributed by atoms with Gasteiger partial charge in [0.2, 0.25) is 5.91 Å². The molecule has 3 unspecified atom stereocenters. The molecule has 0 saturated carbocycles. The van der Waals surface area contributed by atoms with Gasteiger partial charge in [0.1, 0.15) is 19.3 Å². The molecular formula is C56H109N2O7P. The summed E-state index contributed by atoms with van der Waals surface area (Å²) in [6.45, 7) is 6.84. The van der Waals surface area contributed by atoms with E-state index >= 15 is 0 Å². The second-order valence-corrected chi connectivity index (χ2v) is 21.9. The number of esters is 1. The van der Waals surface area contributed by atoms with Gasteiger partial charge in [-0.25, -0.2) is 0 Å². The van der Waals surface area contributed by atoms with Crippen LogP contribution in [0.25, 0.3) is 0 Å². The van der Waals surface area contributed by atoms with Crippen LogP contribution in [0.15, 0.2) is 24.3 Å². The third-order valence-electron chi connectivity index (χ3n) is 12.6. The Morgan fingerprint density at radius 3 is 1.30 bits per heavy atom. The fourth-order valence-corrected chi connectivity index (χ4v) is 8.95. The molecule has 0 bridgehead atoms. The number of hydrogen-bond acceptors (Lipinski definition) is 7. The van der Waals surface area contributed by atoms with E-state index in [-0.39, 0.29) is 31.5 Å². The molecule has 0 saturated heterocycles. The molecule has 9 nitrogen and oxygen atoms in total. The maximum absolute atomic E-state index is 13.4. The van der Waals surface area contributed by atoms with Crippen LogP contribution in [0.2, 0.25) is 0 Å². The minimum atomic E-state index is -4.69. The van der Waals surface area contributed by atoms with Crippen molar-refractivity contribution in [2.45, 2.75) is 283 Å². The molecule has 10 heteroatoms. The van der Waals surface area contributed by atoms with Crippen LogP contribution in [0.4, 0.5) is 0 Å². The number of rotatable bonds is 51. The van der Waals surface area contributed by atoms with Crippen LogP contribution < -0.4 is 10.2 Å². The van der Waals surface area contributed by atoms with E-state index in [4.69, 9.17) is 13.8 Å². The van der Waals surface area contributed by atoms with Gasteiger partial charge in [-0.2, -0.15) is 0 Å². The predicted octanol–water partition coefficient (Wildman–Crippen LogP) is 16.0. The first-order chi connectivity index (χ1) is 31.9. The van der Waals surface area contributed by atoms with Crippen molar-refractivity contribution in [3.8, 4) is 0 Å². The standard InChI is InChI=1S/C56H109N2O7P/c1-7-10-13-16-19-22-25-28-30-33-36-39-42-45-48-55(59)57-53(52-64-66(61,62)63-51-50-58(4,5)6)54(47-44-41-38-35-32-27-24-21-18-15-12-9-3)65-56(60)49-46-43-40-37-34-31-29-26-23-20-17-14-11-8-2/h30,33,44,47,53-54H,7-29,31-32,34-43,45-46,48-52H2,1-6H3,(H-,57,59,61,62)/b33-30-,47-44+. The minimum Gasteiger partial charge on any atom is -0.756 e. The topological polar surface area (TPSA) is 114 Å². The zero-order valence-corrected chi connectivity index (χ0v) is 45.3. The average Bonchev–Trinajstić information content (AvgIpc) is 3.27. The summed E-state index contributed by atoms with van der Waals surface area (Å²) in [4.78, 5) is 39.8. The van der Waals surface area contributed by atoms with Gasteiger partial charge in [0.05, 0.1) is 33.8 Å². The molecule has 0 aliphatic heterocycles. The third kappa shape index (κ3) is 47.6. The summed E-state index contributed by atoms with van der Waals surface area (Å²) >= 11 is 0. The Hall–Kier alpha value is -1.51. The highest BCUT2D eigenvalue weighted by atomic mass is 31.2. The van der Waals surface area contributed by atoms with Crippen molar-refractivity contribution < 1.29 is 37.3 Å². The van der Waals surface area contributed by atoms with Crippen molar-refractivity contribution in [1.82, 2.24) is 5.32 Å². The van der Waals surface area contributed by atoms with Gasteiger partial charge in [0, 0.05) is 12.8 Å². The van der Waals surface area contributed by atoms with E-state index in [0.29, 0.717) is 17.4 Å². The molecule has 0 spiro atoms. The Bertz CT molecular complexity index is 1190. The van der Waals surface area contributed by atoms with Crippen LogP contribution in [0.1, 0.15) is 271 Å². The maximum Gasteiger partial charge on any atom is 0.306 e. The molecule has 0 aromatic rings. The summed E-state index contributed by atoms with van der Waals surface area (Å²) in [5, 5.41) is 3.01. The number of unbranched alkanes of at least 4 members (excludes halogenated alkanes) is 33. The van der Waals surface area contributed by atoms with Gasteiger partial charge in [0.15, 0.2) is 0 Å². The van der Waals surface area contributed by atoms with Crippen molar-refractivity contribution in [2.75, 3.05) is 40.9 Å². The van der Waals surface area contributed by atoms with Gasteiger partial charge in [-0.3, -0.25) is 14.2 Å². The molecule has 0 aliphatic rings. The highest BCUT2D eigenvalue weighted by Gasteiger charge is 2.27. The number of nitrogens with one attached hydrogen (secondary N) is 1. The van der Waals surface area contributed by atoms with Crippen molar-refractivity contribution in [3.05, 3.63) is 24.3 Å². The minimum absolute atomic E-state index is 0.0218. The summed E-state index contributed by atoms with van der Waals surface area (Å²) in [6, 6.07) is -0.888. The van der Waals surface area contributed by atoms with E-state index in [1.54, 1.807) is 0 Å². The second kappa shape index (κ2) is 47.2. The zero-order chi connectivity index (χ0) is 48.7. The van der Waals surface area contributed by atoms with Crippen molar-refractivity contribution in [3.63, 3.8) is 0 Å². The van der Waals surface area contributed by atoms with E-state index in [1.807, 2.05) is 33.3 Å². The van der Waals surface area contributed by atoms with Crippen molar-refractivity contribution in [1.29, 1.82) is 0 Å². The summed E-state index contributed by atoms with van der Waals surface area (Å²) in [7, 11) is 1.19. The number of phosphoric ester groups is 1. The van der Waals surface area contributed by atoms with Gasteiger partial charge < -0.3 is 28.5 Å². The number of allylic oxidation sites excluding steroid dienone is 3. The lowest BCUT2D eigenvalue weighted by atomic mass is 10.0. The highest BCUT2D eigenvalue weighted by molar-refractivity contribution is 7.45. The van der Waals surface area contributed by atoms with Crippen LogP contribution in [0, 0.1) is 0 Å². The van der Waals surface area contributed by atoms with Gasteiger partial charge in [-0.05, 0) is 57.4 Å². The first-order valence-electron chi connectivity index (χ1n) is 28.1. The molecule has 0 radical (unpaired) electrons. The molecular weight excluding hydrogens is 844 g/mol. The second-order valence-electron chi connectivity index (χ2n) is 20.4. The molecule has 0 heterocycles. The fourth-order valence-electron chi connectivity index (χ4n) is 8.22. The molecule has 0 aliphatic carbocycles. The molecule has 0 aromatic heterocycles. The number of hydrogen-bond donors (Lipinski definition) is 1. The fraction of sp³-hybridized carbons (Fsp3) is 0.893. The Balaban J connectivity index is 5.38. The number of likely N-dealkylation sites (N-methyl/N-ethyl adjacent to an activating group) is 1. The van der Waals surface area contributed by atoms with Crippen molar-refractivity contribution >= 4 is 19.7 Å². The van der Waals surface area contributed by atoms with Crippen LogP contribution in [0.3, 0.4) is 0 Å². The lowest BCUT2D eigenvalue weighted by molar-refractivity contribution is -0.870. The molecule has 66 heavy (non-hydrogen) atoms. The summed E-state index contributed by atoms with van der Waals surface area (Å²) < 4.78 is 30.2. The normalized spacial score (nSPS) is 14.0. The van der Waals surface area contributed by atoms with E-state index < -0.39 is 20.0 Å². The Kier molecular flexibility index (Phi) is 46.1. The molecule has 1 amide bonds. The van der Waals surface area contributed by atoms with Gasteiger partial charge in [-0.15, -0.1) is 0 Å². The first-order valence-corrected chi connectivity index (χ1v) is 29.6. The molecule has 390 valence electrons. The Labute approximate surface area is 409 Å². The summed E-state index contributed by atoms with van der Waals surface area (Å²) in [5.74, 6) is -0.549. The van der Waals surface area contributed by atoms with Gasteiger partial charge in [-0.1, -0.05) is 225 Å². The third-order valence-corrected chi connectivity index (χ3v) is 13.6. The van der Waals surface area contributed by atoms with E-state index in [2.05, 4.69) is 38.2 Å². The van der Waals surface area contributed by atoms with Crippen LogP contribution >= 0.6 is 7.82 Å². The monoisotopic (exact) mass is 953 g/mol. The van der Waals surface area contributed by atoms with Crippen molar-refractivity contribution in [2.24, 2.45) is 0 Å². The quantitative estimate of drug-likeness (QED) is 0.0212. The number of ether oxygens (including phenoxy) is 1. The number of carbonyl (C=O) groups is 2. The number of nitrogens with zero attached hydrogens (tertiary/aromatic N) is 1. The smallest absolute Gasteiger partial charge is 0.306 e. The number of quaternary nitrogens is 1. The largest absolute Gasteiger partial charge is 0.756 e. The number of carbonyl (C=O) groups excluding carboxylic acids is 2. The van der Waals surface area contributed by atoms with Gasteiger partial charge in [0.25, 0.3) is 7.82 Å².